The average molecular weight is 641 g/mol. The van der Waals surface area contributed by atoms with Crippen molar-refractivity contribution in [3.63, 3.8) is 0 Å². The molecule has 12 heteroatoms. The number of halogens is 3. The fourth-order valence-corrected chi connectivity index (χ4v) is 8.15. The van der Waals surface area contributed by atoms with Gasteiger partial charge in [-0.3, -0.25) is 28.9 Å². The lowest BCUT2D eigenvalue weighted by Crippen LogP contribution is -2.48. The molecule has 0 radical (unpaired) electrons. The van der Waals surface area contributed by atoms with Gasteiger partial charge in [-0.2, -0.15) is 0 Å². The second-order valence-corrected chi connectivity index (χ2v) is 12.9. The van der Waals surface area contributed by atoms with Crippen molar-refractivity contribution in [2.24, 2.45) is 29.1 Å². The van der Waals surface area contributed by atoms with Crippen LogP contribution in [0.5, 0.6) is 5.75 Å². The van der Waals surface area contributed by atoms with E-state index in [9.17, 15) is 37.9 Å². The van der Waals surface area contributed by atoms with Gasteiger partial charge in [-0.1, -0.05) is 35.7 Å². The number of hydrogen-bond acceptors (Lipinski definition) is 6. The molecule has 6 unspecified atom stereocenters. The lowest BCUT2D eigenvalue weighted by Gasteiger charge is -2.49. The molecule has 2 aromatic rings. The predicted molar refractivity (Wildman–Crippen MR) is 157 cm³/mol. The van der Waals surface area contributed by atoms with E-state index in [-0.39, 0.29) is 48.3 Å². The monoisotopic (exact) mass is 640 g/mol. The van der Waals surface area contributed by atoms with Crippen LogP contribution < -0.4 is 4.90 Å². The van der Waals surface area contributed by atoms with Crippen LogP contribution >= 0.6 is 11.6 Å². The minimum atomic E-state index is -1.44. The Hall–Kier alpha value is -4.12. The summed E-state index contributed by atoms with van der Waals surface area (Å²) in [5.74, 6) is -8.89. The highest BCUT2D eigenvalue weighted by molar-refractivity contribution is 6.31. The van der Waals surface area contributed by atoms with Gasteiger partial charge in [-0.05, 0) is 74.4 Å². The molecular weight excluding hydrogens is 610 g/mol. The van der Waals surface area contributed by atoms with E-state index in [0.717, 1.165) is 17.0 Å². The fourth-order valence-electron chi connectivity index (χ4n) is 7.98. The van der Waals surface area contributed by atoms with E-state index in [1.807, 2.05) is 6.08 Å². The van der Waals surface area contributed by atoms with E-state index in [4.69, 9.17) is 16.7 Å². The summed E-state index contributed by atoms with van der Waals surface area (Å²) in [4.78, 5) is 68.8. The quantitative estimate of drug-likeness (QED) is 0.230. The van der Waals surface area contributed by atoms with Gasteiger partial charge >= 0.3 is 5.97 Å². The first-order chi connectivity index (χ1) is 21.4. The largest absolute Gasteiger partial charge is 0.505 e. The molecule has 9 nitrogen and oxygen atoms in total. The third-order valence-electron chi connectivity index (χ3n) is 10.1. The molecule has 2 aliphatic heterocycles. The van der Waals surface area contributed by atoms with Gasteiger partial charge in [0.1, 0.15) is 5.82 Å². The Labute approximate surface area is 262 Å². The molecule has 0 spiro atoms. The molecule has 0 bridgehead atoms. The van der Waals surface area contributed by atoms with E-state index in [1.54, 1.807) is 6.92 Å². The molecule has 4 aliphatic rings. The highest BCUT2D eigenvalue weighted by atomic mass is 35.5. The Bertz CT molecular complexity index is 1680. The van der Waals surface area contributed by atoms with Gasteiger partial charge in [0.15, 0.2) is 11.6 Å². The van der Waals surface area contributed by atoms with Crippen LogP contribution in [0.15, 0.2) is 48.0 Å². The molecule has 3 fully saturated rings. The van der Waals surface area contributed by atoms with Crippen LogP contribution in [-0.2, 0) is 24.0 Å². The molecule has 6 rings (SSSR count). The lowest BCUT2D eigenvalue weighted by molar-refractivity contribution is -0.141. The topological polar surface area (TPSA) is 132 Å². The zero-order valence-electron chi connectivity index (χ0n) is 24.3. The van der Waals surface area contributed by atoms with Crippen molar-refractivity contribution < 1.29 is 43.0 Å². The van der Waals surface area contributed by atoms with Gasteiger partial charge in [0, 0.05) is 18.9 Å². The summed E-state index contributed by atoms with van der Waals surface area (Å²) in [6.45, 7) is 1.78. The number of amides is 4. The number of carbonyl (C=O) groups excluding carboxylic acids is 4. The van der Waals surface area contributed by atoms with Crippen molar-refractivity contribution in [1.82, 2.24) is 4.90 Å². The number of carboxylic acid groups (broad SMARTS) is 1. The molecular formula is C33H31ClF2N2O7. The van der Waals surface area contributed by atoms with Crippen LogP contribution in [0.25, 0.3) is 0 Å². The third-order valence-corrected chi connectivity index (χ3v) is 10.4. The number of carboxylic acids is 1. The van der Waals surface area contributed by atoms with Crippen molar-refractivity contribution in [1.29, 1.82) is 0 Å². The number of phenolic OH excluding ortho intramolecular Hbond substituents is 1. The molecule has 2 aromatic carbocycles. The van der Waals surface area contributed by atoms with Crippen molar-refractivity contribution in [3.8, 4) is 5.75 Å². The van der Waals surface area contributed by atoms with Crippen LogP contribution in [0.4, 0.5) is 14.5 Å². The van der Waals surface area contributed by atoms with Gasteiger partial charge in [0.25, 0.3) is 0 Å². The molecule has 2 saturated heterocycles. The number of hydrogen-bond donors (Lipinski definition) is 2. The smallest absolute Gasteiger partial charge is 0.303 e. The number of nitrogens with zero attached hydrogens (tertiary/aromatic N) is 2. The summed E-state index contributed by atoms with van der Waals surface area (Å²) in [5, 5.41) is 18.5. The number of unbranched alkanes of at least 4 members (excludes halogenated alkanes) is 2. The number of rotatable bonds is 8. The van der Waals surface area contributed by atoms with E-state index < -0.39 is 70.2 Å². The van der Waals surface area contributed by atoms with Crippen molar-refractivity contribution >= 4 is 46.9 Å². The average Bonchev–Trinajstić information content (AvgIpc) is 3.35. The summed E-state index contributed by atoms with van der Waals surface area (Å²) in [7, 11) is 0. The van der Waals surface area contributed by atoms with Crippen molar-refractivity contribution in [2.75, 3.05) is 11.4 Å². The van der Waals surface area contributed by atoms with Crippen molar-refractivity contribution in [3.05, 3.63) is 70.3 Å². The molecule has 6 atom stereocenters. The molecule has 2 aliphatic carbocycles. The normalized spacial score (nSPS) is 29.1. The van der Waals surface area contributed by atoms with E-state index in [0.29, 0.717) is 30.4 Å². The third kappa shape index (κ3) is 4.83. The molecule has 2 heterocycles. The molecule has 1 saturated carbocycles. The van der Waals surface area contributed by atoms with Crippen LogP contribution in [0.2, 0.25) is 5.02 Å². The number of benzene rings is 2. The van der Waals surface area contributed by atoms with Gasteiger partial charge in [-0.15, -0.1) is 0 Å². The Balaban J connectivity index is 1.39. The second-order valence-electron chi connectivity index (χ2n) is 12.5. The number of aromatic hydroxyl groups is 1. The second kappa shape index (κ2) is 11.3. The minimum Gasteiger partial charge on any atom is -0.505 e. The van der Waals surface area contributed by atoms with E-state index >= 15 is 0 Å². The number of aliphatic carboxylic acids is 1. The van der Waals surface area contributed by atoms with Gasteiger partial charge in [0.05, 0.1) is 33.9 Å². The van der Waals surface area contributed by atoms with Crippen LogP contribution in [0.3, 0.4) is 0 Å². The standard InChI is InChI=1S/C33H31ClF2N2O7/c1-33-21(30(43)38(32(33)45)17-7-10-23(35)22(34)14-17)15-20-18(28(33)16-6-11-25(39)24(36)13-16)8-9-19-27(20)31(44)37(29(19)42)12-4-2-3-5-26(40)41/h6-8,10-11,13-14,19-21,27-28,39H,2-5,9,12,15H2,1H3,(H,40,41). The van der Waals surface area contributed by atoms with Crippen LogP contribution in [0, 0.1) is 40.7 Å². The summed E-state index contributed by atoms with van der Waals surface area (Å²) >= 11 is 6.00. The first kappa shape index (κ1) is 30.9. The first-order valence-corrected chi connectivity index (χ1v) is 15.3. The van der Waals surface area contributed by atoms with Crippen molar-refractivity contribution in [2.45, 2.75) is 51.4 Å². The molecule has 236 valence electrons. The number of fused-ring (bicyclic) bond motifs is 4. The number of phenols is 1. The Morgan fingerprint density at radius 2 is 1.73 bits per heavy atom. The van der Waals surface area contributed by atoms with Crippen LogP contribution in [0.1, 0.15) is 56.9 Å². The SMILES string of the molecule is CC12C(=O)N(c3ccc(F)c(Cl)c3)C(=O)C1CC1C(=CCC3C(=O)N(CCCCCC(=O)O)C(=O)C31)C2c1ccc(O)c(F)c1. The number of imide groups is 2. The Morgan fingerprint density at radius 3 is 2.42 bits per heavy atom. The highest BCUT2D eigenvalue weighted by Crippen LogP contribution is 2.63. The number of allylic oxidation sites excluding steroid dienone is 2. The first-order valence-electron chi connectivity index (χ1n) is 14.9. The maximum atomic E-state index is 14.8. The summed E-state index contributed by atoms with van der Waals surface area (Å²) < 4.78 is 28.8. The molecule has 0 aromatic heterocycles. The minimum absolute atomic E-state index is 0.00418. The maximum absolute atomic E-state index is 14.8. The summed E-state index contributed by atoms with van der Waals surface area (Å²) in [6, 6.07) is 7.31. The number of likely N-dealkylation sites (tertiary alicyclic amines) is 1. The Kier molecular flexibility index (Phi) is 7.79. The maximum Gasteiger partial charge on any atom is 0.303 e. The molecule has 4 amide bonds. The van der Waals surface area contributed by atoms with E-state index in [1.165, 1.54) is 29.2 Å². The van der Waals surface area contributed by atoms with E-state index in [2.05, 4.69) is 0 Å². The van der Waals surface area contributed by atoms with Crippen LogP contribution in [-0.4, -0.2) is 51.3 Å². The predicted octanol–water partition coefficient (Wildman–Crippen LogP) is 5.20. The molecule has 45 heavy (non-hydrogen) atoms. The Morgan fingerprint density at radius 1 is 0.978 bits per heavy atom. The summed E-state index contributed by atoms with van der Waals surface area (Å²) in [6.07, 6.45) is 3.53. The lowest BCUT2D eigenvalue weighted by atomic mass is 9.51. The fraction of sp³-hybridized carbons (Fsp3) is 0.424. The van der Waals surface area contributed by atoms with Gasteiger partial charge in [0.2, 0.25) is 23.6 Å². The zero-order valence-corrected chi connectivity index (χ0v) is 25.1. The summed E-state index contributed by atoms with van der Waals surface area (Å²) in [5.41, 5.74) is -0.366. The molecule has 2 N–H and O–H groups in total. The number of anilines is 1. The highest BCUT2D eigenvalue weighted by Gasteiger charge is 2.67. The van der Waals surface area contributed by atoms with Gasteiger partial charge < -0.3 is 10.2 Å². The number of carbonyl (C=O) groups is 5. The van der Waals surface area contributed by atoms with Gasteiger partial charge in [-0.25, -0.2) is 13.7 Å². The zero-order chi connectivity index (χ0) is 32.4.